The second kappa shape index (κ2) is 11.4. The maximum Gasteiger partial charge on any atom is 0.333 e. The molecule has 0 amide bonds. The number of benzene rings is 8. The molecular weight excluding hydrogens is 731 g/mol. The van der Waals surface area contributed by atoms with E-state index in [0.29, 0.717) is 0 Å². The van der Waals surface area contributed by atoms with E-state index in [4.69, 9.17) is 0 Å². The number of hydrogen-bond donors (Lipinski definition) is 0. The van der Waals surface area contributed by atoms with Crippen molar-refractivity contribution in [1.29, 1.82) is 0 Å². The number of hydrogen-bond acceptors (Lipinski definition) is 3. The molecule has 1 aromatic heterocycles. The standard InChI is InChI=1S/C55H41BN2S/c1-32-26-28-43(37(30-32)33-16-7-6-8-17-33)57-45-31-38-34-18-9-11-21-39(34)55(4,5)50(38)49-36-20-15-23-41-52(36)58(44-24-13-12-22-40(44)54(41,2)3)56(51(45)49)42-27-29-47-48(53(42)57)35-19-10-14-25-46(35)59-47/h6-31H,1-5H3. The molecule has 59 heavy (non-hydrogen) atoms. The molecular formula is C55H41BN2S. The minimum atomic E-state index is -0.203. The number of nitrogens with zero attached hydrogens (tertiary/aromatic N) is 2. The number of aryl methyl sites for hydroxylation is 1. The molecule has 4 aliphatic rings. The average Bonchev–Trinajstić information content (AvgIpc) is 3.75. The normalized spacial score (nSPS) is 15.7. The molecule has 0 spiro atoms. The molecule has 9 aromatic rings. The van der Waals surface area contributed by atoms with Gasteiger partial charge in [0.2, 0.25) is 0 Å². The van der Waals surface area contributed by atoms with Gasteiger partial charge in [-0.3, -0.25) is 0 Å². The van der Waals surface area contributed by atoms with Crippen molar-refractivity contribution in [2.24, 2.45) is 0 Å². The Kier molecular flexibility index (Phi) is 6.51. The fourth-order valence-electron chi connectivity index (χ4n) is 11.7. The number of thiophene rings is 1. The van der Waals surface area contributed by atoms with Crippen LogP contribution < -0.4 is 20.6 Å². The summed E-state index contributed by atoms with van der Waals surface area (Å²) in [5, 5.41) is 2.65. The van der Waals surface area contributed by atoms with Crippen LogP contribution in [0, 0.1) is 6.92 Å². The number of anilines is 5. The highest BCUT2D eigenvalue weighted by atomic mass is 32.1. The van der Waals surface area contributed by atoms with Gasteiger partial charge in [-0.05, 0) is 98.8 Å². The zero-order chi connectivity index (χ0) is 39.5. The molecule has 0 N–H and O–H groups in total. The summed E-state index contributed by atoms with van der Waals surface area (Å²) >= 11 is 1.91. The third kappa shape index (κ3) is 4.17. The van der Waals surface area contributed by atoms with Crippen molar-refractivity contribution in [1.82, 2.24) is 0 Å². The first-order chi connectivity index (χ1) is 28.7. The van der Waals surface area contributed by atoms with E-state index in [-0.39, 0.29) is 17.7 Å². The van der Waals surface area contributed by atoms with Crippen LogP contribution in [0.15, 0.2) is 158 Å². The van der Waals surface area contributed by atoms with Gasteiger partial charge in [0.15, 0.2) is 0 Å². The molecule has 1 aliphatic carbocycles. The highest BCUT2D eigenvalue weighted by molar-refractivity contribution is 7.26. The molecule has 0 saturated heterocycles. The maximum atomic E-state index is 2.75. The highest BCUT2D eigenvalue weighted by Gasteiger charge is 2.53. The van der Waals surface area contributed by atoms with Crippen LogP contribution in [0.4, 0.5) is 28.4 Å². The molecule has 4 heterocycles. The Hall–Kier alpha value is -6.36. The monoisotopic (exact) mass is 772 g/mol. The van der Waals surface area contributed by atoms with Gasteiger partial charge in [0.1, 0.15) is 0 Å². The van der Waals surface area contributed by atoms with E-state index >= 15 is 0 Å². The summed E-state index contributed by atoms with van der Waals surface area (Å²) < 4.78 is 2.64. The quantitative estimate of drug-likeness (QED) is 0.162. The molecule has 280 valence electrons. The summed E-state index contributed by atoms with van der Waals surface area (Å²) in [5.74, 6) is 0. The molecule has 8 aromatic carbocycles. The van der Waals surface area contributed by atoms with Crippen LogP contribution in [0.3, 0.4) is 0 Å². The maximum absolute atomic E-state index is 2.75. The predicted octanol–water partition coefficient (Wildman–Crippen LogP) is 13.7. The lowest BCUT2D eigenvalue weighted by Crippen LogP contribution is -2.63. The second-order valence-corrected chi connectivity index (χ2v) is 19.2. The lowest BCUT2D eigenvalue weighted by atomic mass is 9.41. The zero-order valence-corrected chi connectivity index (χ0v) is 34.7. The lowest BCUT2D eigenvalue weighted by molar-refractivity contribution is 0.633. The average molecular weight is 773 g/mol. The summed E-state index contributed by atoms with van der Waals surface area (Å²) in [7, 11) is 0. The van der Waals surface area contributed by atoms with Crippen LogP contribution in [0.1, 0.15) is 55.5 Å². The first-order valence-corrected chi connectivity index (χ1v) is 21.8. The summed E-state index contributed by atoms with van der Waals surface area (Å²) in [6.07, 6.45) is 0. The van der Waals surface area contributed by atoms with Gasteiger partial charge in [-0.25, -0.2) is 0 Å². The van der Waals surface area contributed by atoms with Crippen molar-refractivity contribution < 1.29 is 0 Å². The van der Waals surface area contributed by atoms with E-state index < -0.39 is 0 Å². The van der Waals surface area contributed by atoms with Gasteiger partial charge >= 0.3 is 6.85 Å². The number of rotatable bonds is 2. The molecule has 2 nitrogen and oxygen atoms in total. The summed E-state index contributed by atoms with van der Waals surface area (Å²) in [6.45, 7) is 11.9. The molecule has 0 unspecified atom stereocenters. The Balaban J connectivity index is 1.27. The third-order valence-corrected chi connectivity index (χ3v) is 15.4. The van der Waals surface area contributed by atoms with Gasteiger partial charge in [-0.1, -0.05) is 155 Å². The topological polar surface area (TPSA) is 6.48 Å². The first-order valence-electron chi connectivity index (χ1n) is 21.0. The van der Waals surface area contributed by atoms with Crippen LogP contribution in [0.5, 0.6) is 0 Å². The van der Waals surface area contributed by atoms with E-state index in [0.717, 1.165) is 0 Å². The van der Waals surface area contributed by atoms with E-state index in [1.165, 1.54) is 121 Å². The van der Waals surface area contributed by atoms with E-state index in [1.54, 1.807) is 0 Å². The van der Waals surface area contributed by atoms with Gasteiger partial charge in [-0.15, -0.1) is 11.3 Å². The SMILES string of the molecule is Cc1ccc(N2c3cc4c(c5c3B(c3ccc6sc7ccccc7c6c32)N2c3ccccc3C(C)(C)c3cccc-5c32)C(C)(C)c2ccccc2-4)c(-c2ccccc2)c1. The Morgan fingerprint density at radius 1 is 0.508 bits per heavy atom. The Bertz CT molecular complexity index is 3320. The van der Waals surface area contributed by atoms with Gasteiger partial charge < -0.3 is 9.71 Å². The molecule has 0 radical (unpaired) electrons. The lowest BCUT2D eigenvalue weighted by Gasteiger charge is -2.52. The van der Waals surface area contributed by atoms with E-state index in [9.17, 15) is 0 Å². The van der Waals surface area contributed by atoms with Crippen LogP contribution in [-0.4, -0.2) is 6.85 Å². The smallest absolute Gasteiger partial charge is 0.333 e. The number of fused-ring (bicyclic) bond motifs is 14. The molecule has 0 atom stereocenters. The summed E-state index contributed by atoms with van der Waals surface area (Å²) in [5.41, 5.74) is 23.6. The Morgan fingerprint density at radius 3 is 2.10 bits per heavy atom. The van der Waals surface area contributed by atoms with Gasteiger partial charge in [0, 0.05) is 59.2 Å². The Morgan fingerprint density at radius 2 is 1.24 bits per heavy atom. The second-order valence-electron chi connectivity index (χ2n) is 18.1. The van der Waals surface area contributed by atoms with Crippen LogP contribution >= 0.6 is 11.3 Å². The van der Waals surface area contributed by atoms with Gasteiger partial charge in [0.05, 0.1) is 11.4 Å². The van der Waals surface area contributed by atoms with Crippen molar-refractivity contribution >= 4 is 77.7 Å². The van der Waals surface area contributed by atoms with Crippen molar-refractivity contribution in [2.75, 3.05) is 9.71 Å². The molecule has 0 fully saturated rings. The van der Waals surface area contributed by atoms with Crippen molar-refractivity contribution in [2.45, 2.75) is 45.4 Å². The summed E-state index contributed by atoms with van der Waals surface area (Å²) in [6, 6.07) is 60.2. The third-order valence-electron chi connectivity index (χ3n) is 14.2. The zero-order valence-electron chi connectivity index (χ0n) is 33.9. The first kappa shape index (κ1) is 33.6. The van der Waals surface area contributed by atoms with E-state index in [2.05, 4.69) is 202 Å². The fourth-order valence-corrected chi connectivity index (χ4v) is 12.8. The highest BCUT2D eigenvalue weighted by Crippen LogP contribution is 2.61. The Labute approximate surface area is 350 Å². The predicted molar refractivity (Wildman–Crippen MR) is 253 cm³/mol. The van der Waals surface area contributed by atoms with Crippen molar-refractivity contribution in [3.63, 3.8) is 0 Å². The molecule has 4 heteroatoms. The van der Waals surface area contributed by atoms with E-state index in [1.807, 2.05) is 11.3 Å². The van der Waals surface area contributed by atoms with Crippen molar-refractivity contribution in [3.05, 3.63) is 186 Å². The molecule has 13 rings (SSSR count). The minimum Gasteiger partial charge on any atom is -0.376 e. The molecule has 0 saturated carbocycles. The fraction of sp³-hybridized carbons (Fsp3) is 0.127. The van der Waals surface area contributed by atoms with Crippen LogP contribution in [0.25, 0.3) is 53.6 Å². The minimum absolute atomic E-state index is 0.0596. The summed E-state index contributed by atoms with van der Waals surface area (Å²) in [4.78, 5) is 5.44. The van der Waals surface area contributed by atoms with Gasteiger partial charge in [-0.2, -0.15) is 0 Å². The van der Waals surface area contributed by atoms with Crippen molar-refractivity contribution in [3.8, 4) is 33.4 Å². The van der Waals surface area contributed by atoms with Crippen LogP contribution in [-0.2, 0) is 10.8 Å². The van der Waals surface area contributed by atoms with Crippen LogP contribution in [0.2, 0.25) is 0 Å². The number of para-hydroxylation sites is 2. The van der Waals surface area contributed by atoms with Gasteiger partial charge in [0.25, 0.3) is 0 Å². The molecule has 3 aliphatic heterocycles. The molecule has 0 bridgehead atoms. The largest absolute Gasteiger partial charge is 0.376 e.